The van der Waals surface area contributed by atoms with Gasteiger partial charge in [-0.2, -0.15) is 11.3 Å². The predicted molar refractivity (Wildman–Crippen MR) is 120 cm³/mol. The maximum atomic E-state index is 11.7. The lowest BCUT2D eigenvalue weighted by atomic mass is 10.1. The lowest BCUT2D eigenvalue weighted by molar-refractivity contribution is -0.142. The van der Waals surface area contributed by atoms with Crippen molar-refractivity contribution in [2.24, 2.45) is 0 Å². The Morgan fingerprint density at radius 1 is 1.17 bits per heavy atom. The molecule has 0 saturated heterocycles. The SMILES string of the molecule is CCCC(CC(=O)OC)Oc1ccc2c(c1)nc(-c1ccccc1)n2-c1ccsc1. The Bertz CT molecular complexity index is 1120. The molecule has 1 atom stereocenters. The monoisotopic (exact) mass is 420 g/mol. The summed E-state index contributed by atoms with van der Waals surface area (Å²) in [6, 6.07) is 18.2. The molecule has 4 rings (SSSR count). The van der Waals surface area contributed by atoms with Crippen LogP contribution in [0.25, 0.3) is 28.1 Å². The number of benzene rings is 2. The molecule has 1 unspecified atom stereocenters. The fraction of sp³-hybridized carbons (Fsp3) is 0.250. The molecule has 30 heavy (non-hydrogen) atoms. The van der Waals surface area contributed by atoms with Crippen LogP contribution in [-0.4, -0.2) is 28.7 Å². The molecule has 0 bridgehead atoms. The second kappa shape index (κ2) is 9.13. The molecular weight excluding hydrogens is 396 g/mol. The van der Waals surface area contributed by atoms with E-state index in [1.54, 1.807) is 11.3 Å². The number of aromatic nitrogens is 2. The molecule has 2 aromatic heterocycles. The Balaban J connectivity index is 1.74. The van der Waals surface area contributed by atoms with Gasteiger partial charge in [-0.25, -0.2) is 4.98 Å². The van der Waals surface area contributed by atoms with E-state index in [1.165, 1.54) is 7.11 Å². The second-order valence-corrected chi connectivity index (χ2v) is 7.86. The summed E-state index contributed by atoms with van der Waals surface area (Å²) in [6.45, 7) is 2.07. The number of thiophene rings is 1. The van der Waals surface area contributed by atoms with Crippen LogP contribution < -0.4 is 4.74 Å². The third-order valence-electron chi connectivity index (χ3n) is 4.96. The standard InChI is InChI=1S/C24H24N2O3S/c1-3-7-19(15-23(27)28-2)29-20-10-11-22-21(14-20)25-24(17-8-5-4-6-9-17)26(22)18-12-13-30-16-18/h4-6,8-14,16,19H,3,7,15H2,1-2H3. The first-order valence-corrected chi connectivity index (χ1v) is 11.0. The molecule has 0 saturated carbocycles. The summed E-state index contributed by atoms with van der Waals surface area (Å²) in [5.74, 6) is 1.34. The predicted octanol–water partition coefficient (Wildman–Crippen LogP) is 5.86. The smallest absolute Gasteiger partial charge is 0.309 e. The van der Waals surface area contributed by atoms with Crippen molar-refractivity contribution < 1.29 is 14.3 Å². The van der Waals surface area contributed by atoms with Crippen molar-refractivity contribution in [2.75, 3.05) is 7.11 Å². The lowest BCUT2D eigenvalue weighted by Gasteiger charge is -2.17. The third kappa shape index (κ3) is 4.24. The molecule has 0 fully saturated rings. The Hall–Kier alpha value is -3.12. The molecule has 0 aliphatic carbocycles. The van der Waals surface area contributed by atoms with Gasteiger partial charge in [-0.1, -0.05) is 43.7 Å². The Kier molecular flexibility index (Phi) is 6.14. The average Bonchev–Trinajstić information content (AvgIpc) is 3.41. The summed E-state index contributed by atoms with van der Waals surface area (Å²) in [5.41, 5.74) is 4.01. The first-order chi connectivity index (χ1) is 14.7. The number of fused-ring (bicyclic) bond motifs is 1. The van der Waals surface area contributed by atoms with E-state index >= 15 is 0 Å². The Morgan fingerprint density at radius 3 is 2.70 bits per heavy atom. The molecule has 154 valence electrons. The van der Waals surface area contributed by atoms with Crippen molar-refractivity contribution in [3.05, 3.63) is 65.4 Å². The van der Waals surface area contributed by atoms with E-state index in [0.717, 1.165) is 41.0 Å². The highest BCUT2D eigenvalue weighted by molar-refractivity contribution is 7.08. The average molecular weight is 421 g/mol. The molecule has 0 aliphatic rings. The molecule has 0 amide bonds. The van der Waals surface area contributed by atoms with Crippen LogP contribution >= 0.6 is 11.3 Å². The summed E-state index contributed by atoms with van der Waals surface area (Å²) >= 11 is 1.66. The summed E-state index contributed by atoms with van der Waals surface area (Å²) in [7, 11) is 1.40. The number of carbonyl (C=O) groups excluding carboxylic acids is 1. The van der Waals surface area contributed by atoms with E-state index < -0.39 is 0 Å². The minimum Gasteiger partial charge on any atom is -0.490 e. The van der Waals surface area contributed by atoms with E-state index in [0.29, 0.717) is 5.75 Å². The molecule has 0 spiro atoms. The van der Waals surface area contributed by atoms with Crippen molar-refractivity contribution in [2.45, 2.75) is 32.3 Å². The first kappa shape index (κ1) is 20.2. The Morgan fingerprint density at radius 2 is 2.00 bits per heavy atom. The molecule has 0 aliphatic heterocycles. The van der Waals surface area contributed by atoms with Crippen LogP contribution in [0.4, 0.5) is 0 Å². The van der Waals surface area contributed by atoms with Gasteiger partial charge in [0.05, 0.1) is 30.3 Å². The van der Waals surface area contributed by atoms with Gasteiger partial charge in [0.25, 0.3) is 0 Å². The zero-order valence-corrected chi connectivity index (χ0v) is 17.9. The van der Waals surface area contributed by atoms with E-state index in [9.17, 15) is 4.79 Å². The number of hydrogen-bond donors (Lipinski definition) is 0. The minimum absolute atomic E-state index is 0.215. The van der Waals surface area contributed by atoms with Crippen molar-refractivity contribution >= 4 is 28.3 Å². The van der Waals surface area contributed by atoms with Crippen LogP contribution in [0.3, 0.4) is 0 Å². The minimum atomic E-state index is -0.261. The zero-order valence-electron chi connectivity index (χ0n) is 17.1. The van der Waals surface area contributed by atoms with Crippen LogP contribution in [0.15, 0.2) is 65.4 Å². The lowest BCUT2D eigenvalue weighted by Crippen LogP contribution is -2.21. The zero-order chi connectivity index (χ0) is 20.9. The molecule has 2 heterocycles. The highest BCUT2D eigenvalue weighted by Gasteiger charge is 2.18. The van der Waals surface area contributed by atoms with Crippen LogP contribution in [0.1, 0.15) is 26.2 Å². The number of nitrogens with zero attached hydrogens (tertiary/aromatic N) is 2. The maximum Gasteiger partial charge on any atom is 0.309 e. The molecule has 4 aromatic rings. The van der Waals surface area contributed by atoms with Gasteiger partial charge < -0.3 is 9.47 Å². The van der Waals surface area contributed by atoms with E-state index in [2.05, 4.69) is 40.5 Å². The van der Waals surface area contributed by atoms with Crippen molar-refractivity contribution in [3.63, 3.8) is 0 Å². The molecule has 5 nitrogen and oxygen atoms in total. The summed E-state index contributed by atoms with van der Waals surface area (Å²) in [6.07, 6.45) is 1.73. The topological polar surface area (TPSA) is 53.4 Å². The number of ether oxygens (including phenoxy) is 2. The normalized spacial score (nSPS) is 12.1. The number of hydrogen-bond acceptors (Lipinski definition) is 5. The third-order valence-corrected chi connectivity index (χ3v) is 5.63. The van der Waals surface area contributed by atoms with Gasteiger partial charge in [0.15, 0.2) is 0 Å². The van der Waals surface area contributed by atoms with Crippen molar-refractivity contribution in [1.82, 2.24) is 9.55 Å². The van der Waals surface area contributed by atoms with Crippen LogP contribution in [0, 0.1) is 0 Å². The maximum absolute atomic E-state index is 11.7. The number of carbonyl (C=O) groups is 1. The van der Waals surface area contributed by atoms with Crippen molar-refractivity contribution in [3.8, 4) is 22.8 Å². The van der Waals surface area contributed by atoms with Gasteiger partial charge in [0.2, 0.25) is 0 Å². The molecule has 0 radical (unpaired) electrons. The van der Waals surface area contributed by atoms with Gasteiger partial charge in [-0.15, -0.1) is 0 Å². The van der Waals surface area contributed by atoms with Gasteiger partial charge in [0.1, 0.15) is 17.7 Å². The summed E-state index contributed by atoms with van der Waals surface area (Å²) in [5, 5.41) is 4.18. The first-order valence-electron chi connectivity index (χ1n) is 10.0. The van der Waals surface area contributed by atoms with Crippen molar-refractivity contribution in [1.29, 1.82) is 0 Å². The highest BCUT2D eigenvalue weighted by Crippen LogP contribution is 2.32. The van der Waals surface area contributed by atoms with E-state index in [-0.39, 0.29) is 18.5 Å². The van der Waals surface area contributed by atoms with Crippen LogP contribution in [-0.2, 0) is 9.53 Å². The van der Waals surface area contributed by atoms with E-state index in [4.69, 9.17) is 14.5 Å². The number of esters is 1. The molecule has 6 heteroatoms. The fourth-order valence-electron chi connectivity index (χ4n) is 3.55. The van der Waals surface area contributed by atoms with Crippen LogP contribution in [0.5, 0.6) is 5.75 Å². The molecule has 0 N–H and O–H groups in total. The van der Waals surface area contributed by atoms with Crippen LogP contribution in [0.2, 0.25) is 0 Å². The summed E-state index contributed by atoms with van der Waals surface area (Å²) in [4.78, 5) is 16.6. The molecule has 2 aromatic carbocycles. The fourth-order valence-corrected chi connectivity index (χ4v) is 4.17. The van der Waals surface area contributed by atoms with Gasteiger partial charge in [0, 0.05) is 17.0 Å². The second-order valence-electron chi connectivity index (χ2n) is 7.08. The quantitative estimate of drug-likeness (QED) is 0.335. The molecular formula is C24H24N2O3S. The number of methoxy groups -OCH3 is 1. The number of rotatable bonds is 8. The largest absolute Gasteiger partial charge is 0.490 e. The van der Waals surface area contributed by atoms with Gasteiger partial charge in [-0.3, -0.25) is 9.36 Å². The van der Waals surface area contributed by atoms with Gasteiger partial charge in [-0.05, 0) is 30.0 Å². The number of imidazole rings is 1. The highest BCUT2D eigenvalue weighted by atomic mass is 32.1. The Labute approximate surface area is 179 Å². The van der Waals surface area contributed by atoms with Gasteiger partial charge >= 0.3 is 5.97 Å². The summed E-state index contributed by atoms with van der Waals surface area (Å²) < 4.78 is 13.1. The van der Waals surface area contributed by atoms with E-state index in [1.807, 2.05) is 36.4 Å².